The Hall–Kier alpha value is -0.0800. The van der Waals surface area contributed by atoms with Crippen molar-refractivity contribution in [2.45, 2.75) is 26.3 Å². The molecule has 1 saturated heterocycles. The Kier molecular flexibility index (Phi) is 3.16. The van der Waals surface area contributed by atoms with Crippen molar-refractivity contribution in [2.24, 2.45) is 0 Å². The molecule has 0 aliphatic carbocycles. The average molecular weight is 143 g/mol. The molecule has 0 bridgehead atoms. The average Bonchev–Trinajstić information content (AvgIpc) is 1.94. The first-order chi connectivity index (χ1) is 4.84. The minimum atomic E-state index is 0.633. The fraction of sp³-hybridized carbons (Fsp3) is 1.00. The molecule has 2 heteroatoms. The highest BCUT2D eigenvalue weighted by atomic mass is 16.5. The summed E-state index contributed by atoms with van der Waals surface area (Å²) in [7, 11) is 0. The van der Waals surface area contributed by atoms with Crippen molar-refractivity contribution in [3.05, 3.63) is 0 Å². The van der Waals surface area contributed by atoms with Gasteiger partial charge in [0.1, 0.15) is 0 Å². The van der Waals surface area contributed by atoms with Crippen LogP contribution in [0.25, 0.3) is 0 Å². The molecule has 0 saturated carbocycles. The Morgan fingerprint density at radius 1 is 1.60 bits per heavy atom. The fourth-order valence-electron chi connectivity index (χ4n) is 1.38. The number of nitrogens with zero attached hydrogens (tertiary/aromatic N) is 1. The zero-order valence-corrected chi connectivity index (χ0v) is 6.97. The van der Waals surface area contributed by atoms with Crippen LogP contribution in [0.1, 0.15) is 20.3 Å². The van der Waals surface area contributed by atoms with Crippen molar-refractivity contribution >= 4 is 0 Å². The molecule has 1 rings (SSSR count). The van der Waals surface area contributed by atoms with Gasteiger partial charge in [0.2, 0.25) is 0 Å². The van der Waals surface area contributed by atoms with Gasteiger partial charge in [0.25, 0.3) is 0 Å². The highest BCUT2D eigenvalue weighted by Crippen LogP contribution is 2.05. The Morgan fingerprint density at radius 3 is 3.00 bits per heavy atom. The van der Waals surface area contributed by atoms with Crippen LogP contribution in [0.2, 0.25) is 0 Å². The van der Waals surface area contributed by atoms with E-state index in [0.29, 0.717) is 6.04 Å². The largest absolute Gasteiger partial charge is 0.379 e. The second-order valence-corrected chi connectivity index (χ2v) is 2.96. The molecule has 60 valence electrons. The van der Waals surface area contributed by atoms with Crippen molar-refractivity contribution in [1.82, 2.24) is 4.90 Å². The van der Waals surface area contributed by atoms with Crippen LogP contribution in [0, 0.1) is 0 Å². The molecule has 0 aromatic carbocycles. The van der Waals surface area contributed by atoms with E-state index in [0.717, 1.165) is 19.8 Å². The first-order valence-electron chi connectivity index (χ1n) is 4.16. The summed E-state index contributed by atoms with van der Waals surface area (Å²) in [5, 5.41) is 0. The summed E-state index contributed by atoms with van der Waals surface area (Å²) in [6.07, 6.45) is 1.25. The van der Waals surface area contributed by atoms with E-state index in [2.05, 4.69) is 18.7 Å². The minimum Gasteiger partial charge on any atom is -0.379 e. The van der Waals surface area contributed by atoms with Crippen LogP contribution in [0.4, 0.5) is 0 Å². The van der Waals surface area contributed by atoms with Gasteiger partial charge in [0.15, 0.2) is 0 Å². The van der Waals surface area contributed by atoms with Gasteiger partial charge in [-0.25, -0.2) is 0 Å². The van der Waals surface area contributed by atoms with Crippen LogP contribution in [0.15, 0.2) is 0 Å². The maximum absolute atomic E-state index is 5.32. The number of morpholine rings is 1. The topological polar surface area (TPSA) is 12.5 Å². The van der Waals surface area contributed by atoms with Gasteiger partial charge in [-0.1, -0.05) is 6.92 Å². The first kappa shape index (κ1) is 8.02. The Balaban J connectivity index is 2.25. The van der Waals surface area contributed by atoms with E-state index in [4.69, 9.17) is 4.74 Å². The molecule has 1 fully saturated rings. The molecular formula is C8H17NO. The van der Waals surface area contributed by atoms with Gasteiger partial charge in [-0.2, -0.15) is 0 Å². The van der Waals surface area contributed by atoms with Crippen LogP contribution in [0.3, 0.4) is 0 Å². The number of ether oxygens (including phenoxy) is 1. The third-order valence-corrected chi connectivity index (χ3v) is 2.02. The predicted molar refractivity (Wildman–Crippen MR) is 42.1 cm³/mol. The SMILES string of the molecule is CCCN1CCOC[C@H]1C. The lowest BCUT2D eigenvalue weighted by molar-refractivity contribution is -0.0000899. The van der Waals surface area contributed by atoms with E-state index in [9.17, 15) is 0 Å². The third kappa shape index (κ3) is 1.96. The molecule has 0 aromatic heterocycles. The van der Waals surface area contributed by atoms with Crippen molar-refractivity contribution in [3.63, 3.8) is 0 Å². The Labute approximate surface area is 63.2 Å². The molecule has 10 heavy (non-hydrogen) atoms. The standard InChI is InChI=1S/C8H17NO/c1-3-4-9-5-6-10-7-8(9)2/h8H,3-7H2,1-2H3/t8-/m1/s1. The lowest BCUT2D eigenvalue weighted by Gasteiger charge is -2.32. The summed E-state index contributed by atoms with van der Waals surface area (Å²) in [6, 6.07) is 0.633. The summed E-state index contributed by atoms with van der Waals surface area (Å²) >= 11 is 0. The zero-order valence-electron chi connectivity index (χ0n) is 6.97. The highest BCUT2D eigenvalue weighted by molar-refractivity contribution is 4.69. The summed E-state index contributed by atoms with van der Waals surface area (Å²) in [5.74, 6) is 0. The van der Waals surface area contributed by atoms with Gasteiger partial charge in [-0.15, -0.1) is 0 Å². The molecule has 1 aliphatic heterocycles. The molecule has 0 spiro atoms. The van der Waals surface area contributed by atoms with Crippen LogP contribution < -0.4 is 0 Å². The van der Waals surface area contributed by atoms with E-state index in [1.165, 1.54) is 13.0 Å². The van der Waals surface area contributed by atoms with E-state index in [-0.39, 0.29) is 0 Å². The number of hydrogen-bond donors (Lipinski definition) is 0. The minimum absolute atomic E-state index is 0.633. The summed E-state index contributed by atoms with van der Waals surface area (Å²) in [5.41, 5.74) is 0. The van der Waals surface area contributed by atoms with Crippen molar-refractivity contribution < 1.29 is 4.74 Å². The fourth-order valence-corrected chi connectivity index (χ4v) is 1.38. The van der Waals surface area contributed by atoms with Crippen LogP contribution in [-0.2, 0) is 4.74 Å². The van der Waals surface area contributed by atoms with Gasteiger partial charge in [0, 0.05) is 12.6 Å². The smallest absolute Gasteiger partial charge is 0.0619 e. The van der Waals surface area contributed by atoms with Gasteiger partial charge in [-0.3, -0.25) is 4.90 Å². The zero-order chi connectivity index (χ0) is 7.40. The molecule has 0 N–H and O–H groups in total. The molecule has 0 aromatic rings. The van der Waals surface area contributed by atoms with Gasteiger partial charge in [-0.05, 0) is 19.9 Å². The molecule has 2 nitrogen and oxygen atoms in total. The lowest BCUT2D eigenvalue weighted by atomic mass is 10.2. The second-order valence-electron chi connectivity index (χ2n) is 2.96. The normalized spacial score (nSPS) is 28.8. The van der Waals surface area contributed by atoms with Crippen molar-refractivity contribution in [1.29, 1.82) is 0 Å². The molecule has 0 unspecified atom stereocenters. The van der Waals surface area contributed by atoms with E-state index in [1.807, 2.05) is 0 Å². The highest BCUT2D eigenvalue weighted by Gasteiger charge is 2.16. The van der Waals surface area contributed by atoms with Crippen molar-refractivity contribution in [2.75, 3.05) is 26.3 Å². The molecule has 0 amide bonds. The third-order valence-electron chi connectivity index (χ3n) is 2.02. The molecular weight excluding hydrogens is 126 g/mol. The van der Waals surface area contributed by atoms with Crippen LogP contribution in [-0.4, -0.2) is 37.2 Å². The maximum atomic E-state index is 5.32. The Bertz CT molecular complexity index is 93.3. The summed E-state index contributed by atoms with van der Waals surface area (Å²) < 4.78 is 5.32. The second kappa shape index (κ2) is 3.94. The van der Waals surface area contributed by atoms with Gasteiger partial charge < -0.3 is 4.74 Å². The Morgan fingerprint density at radius 2 is 2.40 bits per heavy atom. The quantitative estimate of drug-likeness (QED) is 0.574. The van der Waals surface area contributed by atoms with Gasteiger partial charge in [0.05, 0.1) is 13.2 Å². The first-order valence-corrected chi connectivity index (χ1v) is 4.16. The summed E-state index contributed by atoms with van der Waals surface area (Å²) in [6.45, 7) is 8.64. The van der Waals surface area contributed by atoms with Crippen LogP contribution >= 0.6 is 0 Å². The van der Waals surface area contributed by atoms with Crippen molar-refractivity contribution in [3.8, 4) is 0 Å². The monoisotopic (exact) mass is 143 g/mol. The van der Waals surface area contributed by atoms with Gasteiger partial charge >= 0.3 is 0 Å². The molecule has 1 aliphatic rings. The molecule has 1 heterocycles. The predicted octanol–water partition coefficient (Wildman–Crippen LogP) is 1.12. The van der Waals surface area contributed by atoms with E-state index >= 15 is 0 Å². The summed E-state index contributed by atoms with van der Waals surface area (Å²) in [4.78, 5) is 2.49. The number of rotatable bonds is 2. The van der Waals surface area contributed by atoms with E-state index < -0.39 is 0 Å². The maximum Gasteiger partial charge on any atom is 0.0619 e. The number of hydrogen-bond acceptors (Lipinski definition) is 2. The lowest BCUT2D eigenvalue weighted by Crippen LogP contribution is -2.43. The molecule has 0 radical (unpaired) electrons. The van der Waals surface area contributed by atoms with Crippen LogP contribution in [0.5, 0.6) is 0 Å². The van der Waals surface area contributed by atoms with E-state index in [1.54, 1.807) is 0 Å². The molecule has 1 atom stereocenters.